The van der Waals surface area contributed by atoms with Gasteiger partial charge in [-0.25, -0.2) is 9.98 Å². The predicted molar refractivity (Wildman–Crippen MR) is 144 cm³/mol. The van der Waals surface area contributed by atoms with E-state index in [1.165, 1.54) is 11.1 Å². The van der Waals surface area contributed by atoms with Crippen LogP contribution in [0.2, 0.25) is 0 Å². The zero-order valence-corrected chi connectivity index (χ0v) is 22.2. The van der Waals surface area contributed by atoms with Crippen LogP contribution in [0, 0.1) is 0 Å². The molecule has 1 aliphatic heterocycles. The lowest BCUT2D eigenvalue weighted by atomic mass is 9.86. The Morgan fingerprint density at radius 1 is 1.09 bits per heavy atom. The Balaban J connectivity index is 0.00000363. The van der Waals surface area contributed by atoms with Crippen molar-refractivity contribution < 1.29 is 4.74 Å². The van der Waals surface area contributed by atoms with E-state index >= 15 is 0 Å². The van der Waals surface area contributed by atoms with Crippen molar-refractivity contribution in [3.8, 4) is 0 Å². The van der Waals surface area contributed by atoms with Gasteiger partial charge >= 0.3 is 0 Å². The molecule has 1 aliphatic rings. The smallest absolute Gasteiger partial charge is 0.191 e. The molecule has 3 rings (SSSR count). The summed E-state index contributed by atoms with van der Waals surface area (Å²) in [6.45, 7) is 14.3. The Bertz CT molecular complexity index is 842. The molecule has 7 heteroatoms. The van der Waals surface area contributed by atoms with Crippen molar-refractivity contribution in [2.45, 2.75) is 46.1 Å². The number of morpholine rings is 1. The van der Waals surface area contributed by atoms with E-state index in [1.54, 1.807) is 0 Å². The van der Waals surface area contributed by atoms with Crippen molar-refractivity contribution in [1.82, 2.24) is 15.6 Å². The highest BCUT2D eigenvalue weighted by Crippen LogP contribution is 2.22. The van der Waals surface area contributed by atoms with Crippen LogP contribution in [0.5, 0.6) is 0 Å². The number of guanidine groups is 1. The number of hydrogen-bond donors (Lipinski definition) is 2. The van der Waals surface area contributed by atoms with Gasteiger partial charge in [-0.05, 0) is 36.0 Å². The average Bonchev–Trinajstić information content (AvgIpc) is 2.78. The van der Waals surface area contributed by atoms with Crippen LogP contribution in [-0.2, 0) is 23.1 Å². The van der Waals surface area contributed by atoms with E-state index in [2.05, 4.69) is 78.5 Å². The molecule has 1 saturated heterocycles. The minimum atomic E-state index is 0. The van der Waals surface area contributed by atoms with Gasteiger partial charge in [0.25, 0.3) is 0 Å². The molecule has 6 nitrogen and oxygen atoms in total. The van der Waals surface area contributed by atoms with Gasteiger partial charge in [0.05, 0.1) is 19.8 Å². The molecule has 32 heavy (non-hydrogen) atoms. The molecule has 2 heterocycles. The summed E-state index contributed by atoms with van der Waals surface area (Å²) >= 11 is 0. The first-order chi connectivity index (χ1) is 15.0. The van der Waals surface area contributed by atoms with Crippen molar-refractivity contribution in [2.75, 3.05) is 44.3 Å². The average molecular weight is 552 g/mol. The van der Waals surface area contributed by atoms with E-state index in [9.17, 15) is 0 Å². The van der Waals surface area contributed by atoms with Gasteiger partial charge in [-0.3, -0.25) is 0 Å². The highest BCUT2D eigenvalue weighted by molar-refractivity contribution is 14.0. The zero-order chi connectivity index (χ0) is 22.1. The third-order valence-electron chi connectivity index (χ3n) is 5.46. The Kier molecular flexibility index (Phi) is 10.7. The lowest BCUT2D eigenvalue weighted by Crippen LogP contribution is -2.38. The number of nitrogens with zero attached hydrogens (tertiary/aromatic N) is 3. The summed E-state index contributed by atoms with van der Waals surface area (Å²) in [5.74, 6) is 1.86. The molecule has 1 fully saturated rings. The molecule has 1 aromatic carbocycles. The Labute approximate surface area is 210 Å². The number of halogens is 1. The van der Waals surface area contributed by atoms with E-state index < -0.39 is 0 Å². The van der Waals surface area contributed by atoms with Crippen LogP contribution in [-0.4, -0.2) is 50.3 Å². The molecule has 2 N–H and O–H groups in total. The maximum atomic E-state index is 5.48. The molecular weight excluding hydrogens is 513 g/mol. The largest absolute Gasteiger partial charge is 0.378 e. The summed E-state index contributed by atoms with van der Waals surface area (Å²) in [4.78, 5) is 11.7. The maximum absolute atomic E-state index is 5.48. The Hall–Kier alpha value is -1.87. The maximum Gasteiger partial charge on any atom is 0.191 e. The van der Waals surface area contributed by atoms with E-state index in [4.69, 9.17) is 9.73 Å². The summed E-state index contributed by atoms with van der Waals surface area (Å²) in [6, 6.07) is 13.0. The normalized spacial score (nSPS) is 14.6. The van der Waals surface area contributed by atoms with Gasteiger partial charge in [0.1, 0.15) is 5.82 Å². The molecule has 0 atom stereocenters. The highest BCUT2D eigenvalue weighted by Gasteiger charge is 2.16. The van der Waals surface area contributed by atoms with Gasteiger partial charge in [-0.1, -0.05) is 51.1 Å². The van der Waals surface area contributed by atoms with Gasteiger partial charge < -0.3 is 20.3 Å². The molecule has 1 aromatic heterocycles. The number of benzene rings is 1. The van der Waals surface area contributed by atoms with Crippen molar-refractivity contribution in [3.05, 3.63) is 59.3 Å². The second-order valence-electron chi connectivity index (χ2n) is 8.90. The second-order valence-corrected chi connectivity index (χ2v) is 8.90. The molecule has 0 amide bonds. The fourth-order valence-corrected chi connectivity index (χ4v) is 3.62. The van der Waals surface area contributed by atoms with Crippen LogP contribution in [0.1, 0.15) is 44.4 Å². The second kappa shape index (κ2) is 13.0. The van der Waals surface area contributed by atoms with E-state index in [1.807, 2.05) is 12.3 Å². The van der Waals surface area contributed by atoms with Gasteiger partial charge in [-0.2, -0.15) is 0 Å². The van der Waals surface area contributed by atoms with Gasteiger partial charge in [0, 0.05) is 37.9 Å². The number of aromatic nitrogens is 1. The standard InChI is InChI=1S/C25H37N5O.HI/c1-5-26-24(28-14-12-20-8-10-22(11-9-20)25(2,3)4)29-19-21-7-6-13-27-23(21)30-15-17-31-18-16-30;/h6-11,13H,5,12,14-19H2,1-4H3,(H2,26,28,29);1H. The third kappa shape index (κ3) is 7.92. The minimum absolute atomic E-state index is 0. The van der Waals surface area contributed by atoms with Crippen LogP contribution >= 0.6 is 24.0 Å². The van der Waals surface area contributed by atoms with E-state index in [-0.39, 0.29) is 29.4 Å². The van der Waals surface area contributed by atoms with Gasteiger partial charge in [0.2, 0.25) is 0 Å². The number of ether oxygens (including phenoxy) is 1. The molecule has 176 valence electrons. The monoisotopic (exact) mass is 551 g/mol. The molecule has 0 spiro atoms. The molecular formula is C25H38IN5O. The number of pyridine rings is 1. The highest BCUT2D eigenvalue weighted by atomic mass is 127. The van der Waals surface area contributed by atoms with Crippen LogP contribution in [0.25, 0.3) is 0 Å². The Morgan fingerprint density at radius 3 is 2.47 bits per heavy atom. The van der Waals surface area contributed by atoms with E-state index in [0.717, 1.165) is 63.2 Å². The first-order valence-corrected chi connectivity index (χ1v) is 11.4. The van der Waals surface area contributed by atoms with E-state index in [0.29, 0.717) is 6.54 Å². The van der Waals surface area contributed by atoms with Crippen molar-refractivity contribution in [1.29, 1.82) is 0 Å². The SMILES string of the molecule is CCNC(=NCc1cccnc1N1CCOCC1)NCCc1ccc(C(C)(C)C)cc1.I. The zero-order valence-electron chi connectivity index (χ0n) is 19.9. The topological polar surface area (TPSA) is 61.8 Å². The molecule has 0 bridgehead atoms. The number of hydrogen-bond acceptors (Lipinski definition) is 4. The first kappa shape index (κ1) is 26.4. The lowest BCUT2D eigenvalue weighted by molar-refractivity contribution is 0.122. The van der Waals surface area contributed by atoms with Crippen molar-refractivity contribution in [3.63, 3.8) is 0 Å². The fourth-order valence-electron chi connectivity index (χ4n) is 3.62. The van der Waals surface area contributed by atoms with Crippen LogP contribution < -0.4 is 15.5 Å². The Morgan fingerprint density at radius 2 is 1.81 bits per heavy atom. The summed E-state index contributed by atoms with van der Waals surface area (Å²) in [7, 11) is 0. The minimum Gasteiger partial charge on any atom is -0.378 e. The van der Waals surface area contributed by atoms with Crippen LogP contribution in [0.4, 0.5) is 5.82 Å². The summed E-state index contributed by atoms with van der Waals surface area (Å²) in [6.07, 6.45) is 2.81. The summed E-state index contributed by atoms with van der Waals surface area (Å²) in [5, 5.41) is 6.82. The summed E-state index contributed by atoms with van der Waals surface area (Å²) < 4.78 is 5.48. The summed E-state index contributed by atoms with van der Waals surface area (Å²) in [5.41, 5.74) is 4.03. The van der Waals surface area contributed by atoms with Crippen molar-refractivity contribution >= 4 is 35.8 Å². The lowest BCUT2D eigenvalue weighted by Gasteiger charge is -2.29. The number of anilines is 1. The fraction of sp³-hybridized carbons (Fsp3) is 0.520. The quantitative estimate of drug-likeness (QED) is 0.308. The molecule has 0 aliphatic carbocycles. The number of nitrogens with one attached hydrogen (secondary N) is 2. The molecule has 0 saturated carbocycles. The van der Waals surface area contributed by atoms with Crippen molar-refractivity contribution in [2.24, 2.45) is 4.99 Å². The molecule has 0 radical (unpaired) electrons. The first-order valence-electron chi connectivity index (χ1n) is 11.4. The van der Waals surface area contributed by atoms with Crippen LogP contribution in [0.15, 0.2) is 47.6 Å². The van der Waals surface area contributed by atoms with Gasteiger partial charge in [-0.15, -0.1) is 24.0 Å². The third-order valence-corrected chi connectivity index (χ3v) is 5.46. The molecule has 2 aromatic rings. The molecule has 0 unspecified atom stereocenters. The number of aliphatic imine (C=N–C) groups is 1. The predicted octanol–water partition coefficient (Wildman–Crippen LogP) is 4.13. The number of rotatable bonds is 7. The van der Waals surface area contributed by atoms with Crippen LogP contribution in [0.3, 0.4) is 0 Å². The van der Waals surface area contributed by atoms with Gasteiger partial charge in [0.15, 0.2) is 5.96 Å².